The highest BCUT2D eigenvalue weighted by molar-refractivity contribution is 7.13. The van der Waals surface area contributed by atoms with E-state index >= 15 is 0 Å². The van der Waals surface area contributed by atoms with Gasteiger partial charge in [-0.3, -0.25) is 4.98 Å². The van der Waals surface area contributed by atoms with E-state index in [1.54, 1.807) is 5.51 Å². The minimum Gasteiger partial charge on any atom is -0.394 e. The first-order valence-electron chi connectivity index (χ1n) is 4.25. The molecule has 2 heterocycles. The first-order chi connectivity index (χ1) is 7.24. The average molecular weight is 228 g/mol. The van der Waals surface area contributed by atoms with Crippen molar-refractivity contribution in [3.63, 3.8) is 0 Å². The minimum atomic E-state index is -0.562. The van der Waals surface area contributed by atoms with E-state index in [1.165, 1.54) is 22.2 Å². The highest BCUT2D eigenvalue weighted by atomic mass is 32.1. The van der Waals surface area contributed by atoms with E-state index in [4.69, 9.17) is 10.8 Å². The van der Waals surface area contributed by atoms with Crippen molar-refractivity contribution in [2.45, 2.75) is 6.54 Å². The van der Waals surface area contributed by atoms with E-state index in [0.29, 0.717) is 4.88 Å². The normalized spacial score (nSPS) is 10.8. The predicted molar refractivity (Wildman–Crippen MR) is 54.8 cm³/mol. The molecule has 2 aromatic heterocycles. The molecule has 3 N–H and O–H groups in total. The molecular formula is C8H9FN4OS. The van der Waals surface area contributed by atoms with Crippen LogP contribution in [0, 0.1) is 5.82 Å². The second-order valence-electron chi connectivity index (χ2n) is 2.86. The molecule has 0 aliphatic heterocycles. The number of halogens is 1. The third-order valence-corrected chi connectivity index (χ3v) is 2.69. The number of hydrogen-bond donors (Lipinski definition) is 2. The number of rotatable bonds is 3. The summed E-state index contributed by atoms with van der Waals surface area (Å²) in [6, 6.07) is 0. The summed E-state index contributed by atoms with van der Waals surface area (Å²) < 4.78 is 14.8. The zero-order chi connectivity index (χ0) is 10.8. The van der Waals surface area contributed by atoms with Crippen molar-refractivity contribution in [2.75, 3.05) is 12.3 Å². The van der Waals surface area contributed by atoms with Crippen LogP contribution in [0.2, 0.25) is 0 Å². The Morgan fingerprint density at radius 3 is 3.00 bits per heavy atom. The number of nitrogens with zero attached hydrogens (tertiary/aromatic N) is 3. The number of aromatic nitrogens is 3. The fourth-order valence-electron chi connectivity index (χ4n) is 1.21. The molecule has 0 unspecified atom stereocenters. The summed E-state index contributed by atoms with van der Waals surface area (Å²) >= 11 is 1.29. The van der Waals surface area contributed by atoms with E-state index in [0.717, 1.165) is 0 Å². The van der Waals surface area contributed by atoms with Crippen LogP contribution in [0.5, 0.6) is 0 Å². The van der Waals surface area contributed by atoms with Crippen molar-refractivity contribution >= 4 is 17.2 Å². The average Bonchev–Trinajstić information content (AvgIpc) is 2.82. The molecule has 0 atom stereocenters. The molecule has 80 valence electrons. The maximum atomic E-state index is 13.6. The minimum absolute atomic E-state index is 0.0625. The molecule has 0 radical (unpaired) electrons. The van der Waals surface area contributed by atoms with E-state index in [1.807, 2.05) is 0 Å². The lowest BCUT2D eigenvalue weighted by atomic mass is 10.3. The van der Waals surface area contributed by atoms with Gasteiger partial charge in [0.15, 0.2) is 11.6 Å². The molecule has 0 spiro atoms. The van der Waals surface area contributed by atoms with E-state index in [2.05, 4.69) is 10.1 Å². The van der Waals surface area contributed by atoms with Crippen molar-refractivity contribution < 1.29 is 9.50 Å². The first kappa shape index (κ1) is 10.1. The molecule has 0 aliphatic carbocycles. The van der Waals surface area contributed by atoms with Gasteiger partial charge in [-0.1, -0.05) is 0 Å². The van der Waals surface area contributed by atoms with Crippen LogP contribution < -0.4 is 5.73 Å². The van der Waals surface area contributed by atoms with Gasteiger partial charge in [-0.05, 0) is 0 Å². The van der Waals surface area contributed by atoms with Crippen LogP contribution in [0.1, 0.15) is 0 Å². The molecular weight excluding hydrogens is 219 g/mol. The fraction of sp³-hybridized carbons (Fsp3) is 0.250. The zero-order valence-electron chi connectivity index (χ0n) is 7.72. The maximum Gasteiger partial charge on any atom is 0.193 e. The van der Waals surface area contributed by atoms with Crippen LogP contribution in [0.25, 0.3) is 10.6 Å². The van der Waals surface area contributed by atoms with Crippen molar-refractivity contribution in [3.8, 4) is 10.6 Å². The lowest BCUT2D eigenvalue weighted by Gasteiger charge is -1.98. The Bertz CT molecular complexity index is 453. The molecule has 5 nitrogen and oxygen atoms in total. The zero-order valence-corrected chi connectivity index (χ0v) is 8.54. The Balaban J connectivity index is 2.45. The second kappa shape index (κ2) is 3.95. The largest absolute Gasteiger partial charge is 0.394 e. The summed E-state index contributed by atoms with van der Waals surface area (Å²) in [6.07, 6.45) is 1.53. The third-order valence-electron chi connectivity index (χ3n) is 1.91. The summed E-state index contributed by atoms with van der Waals surface area (Å²) in [5.41, 5.74) is 7.27. The number of aliphatic hydroxyl groups is 1. The van der Waals surface area contributed by atoms with Gasteiger partial charge < -0.3 is 10.8 Å². The molecule has 7 heteroatoms. The van der Waals surface area contributed by atoms with Crippen molar-refractivity contribution in [2.24, 2.45) is 0 Å². The van der Waals surface area contributed by atoms with Crippen LogP contribution in [0.4, 0.5) is 10.2 Å². The Morgan fingerprint density at radius 1 is 1.60 bits per heavy atom. The lowest BCUT2D eigenvalue weighted by molar-refractivity contribution is 0.270. The number of hydrogen-bond acceptors (Lipinski definition) is 5. The maximum absolute atomic E-state index is 13.6. The lowest BCUT2D eigenvalue weighted by Crippen LogP contribution is -2.07. The van der Waals surface area contributed by atoms with Gasteiger partial charge in [-0.15, -0.1) is 11.3 Å². The molecule has 0 bridgehead atoms. The quantitative estimate of drug-likeness (QED) is 0.811. The highest BCUT2D eigenvalue weighted by Crippen LogP contribution is 2.27. The molecule has 15 heavy (non-hydrogen) atoms. The summed E-state index contributed by atoms with van der Waals surface area (Å²) in [4.78, 5) is 4.46. The molecule has 0 fully saturated rings. The monoisotopic (exact) mass is 228 g/mol. The van der Waals surface area contributed by atoms with Gasteiger partial charge in [-0.25, -0.2) is 9.07 Å². The van der Waals surface area contributed by atoms with E-state index in [-0.39, 0.29) is 24.7 Å². The topological polar surface area (TPSA) is 77.0 Å². The summed E-state index contributed by atoms with van der Waals surface area (Å²) in [7, 11) is 0. The van der Waals surface area contributed by atoms with Gasteiger partial charge in [0.2, 0.25) is 0 Å². The molecule has 0 saturated heterocycles. The number of thiazole rings is 1. The van der Waals surface area contributed by atoms with Gasteiger partial charge in [0, 0.05) is 6.20 Å². The molecule has 0 aliphatic rings. The van der Waals surface area contributed by atoms with Crippen molar-refractivity contribution in [3.05, 3.63) is 17.5 Å². The molecule has 2 aromatic rings. The fourth-order valence-corrected chi connectivity index (χ4v) is 1.81. The number of aliphatic hydroxyl groups excluding tert-OH is 1. The Labute approximate surface area is 89.0 Å². The van der Waals surface area contributed by atoms with Gasteiger partial charge in [-0.2, -0.15) is 5.10 Å². The number of anilines is 1. The van der Waals surface area contributed by atoms with E-state index < -0.39 is 5.82 Å². The Morgan fingerprint density at radius 2 is 2.40 bits per heavy atom. The SMILES string of the molecule is Nc1c(F)c(-c2cncs2)nn1CCO. The van der Waals surface area contributed by atoms with E-state index in [9.17, 15) is 4.39 Å². The Kier molecular flexibility index (Phi) is 2.65. The predicted octanol–water partition coefficient (Wildman–Crippen LogP) is 0.720. The van der Waals surface area contributed by atoms with Crippen molar-refractivity contribution in [1.29, 1.82) is 0 Å². The summed E-state index contributed by atoms with van der Waals surface area (Å²) in [5, 5.41) is 12.7. The second-order valence-corrected chi connectivity index (χ2v) is 3.75. The van der Waals surface area contributed by atoms with Crippen LogP contribution in [0.15, 0.2) is 11.7 Å². The summed E-state index contributed by atoms with van der Waals surface area (Å²) in [6.45, 7) is 0.0506. The van der Waals surface area contributed by atoms with Crippen LogP contribution >= 0.6 is 11.3 Å². The molecule has 0 saturated carbocycles. The molecule has 0 amide bonds. The number of nitrogens with two attached hydrogens (primary N) is 1. The third kappa shape index (κ3) is 1.71. The molecule has 0 aromatic carbocycles. The first-order valence-corrected chi connectivity index (χ1v) is 5.13. The number of nitrogen functional groups attached to an aromatic ring is 1. The van der Waals surface area contributed by atoms with Gasteiger partial charge in [0.05, 0.1) is 23.5 Å². The van der Waals surface area contributed by atoms with Crippen LogP contribution in [-0.2, 0) is 6.54 Å². The smallest absolute Gasteiger partial charge is 0.193 e. The van der Waals surface area contributed by atoms with Gasteiger partial charge >= 0.3 is 0 Å². The highest BCUT2D eigenvalue weighted by Gasteiger charge is 2.17. The van der Waals surface area contributed by atoms with Gasteiger partial charge in [0.1, 0.15) is 5.69 Å². The standard InChI is InChI=1S/C8H9FN4OS/c9-6-7(5-3-11-4-15-5)12-13(1-2-14)8(6)10/h3-4,14H,1-2,10H2. The van der Waals surface area contributed by atoms with Crippen LogP contribution in [-0.4, -0.2) is 26.5 Å². The Hall–Kier alpha value is -1.47. The van der Waals surface area contributed by atoms with Crippen LogP contribution in [0.3, 0.4) is 0 Å². The summed E-state index contributed by atoms with van der Waals surface area (Å²) in [5.74, 6) is -0.625. The van der Waals surface area contributed by atoms with Crippen molar-refractivity contribution in [1.82, 2.24) is 14.8 Å². The van der Waals surface area contributed by atoms with Gasteiger partial charge in [0.25, 0.3) is 0 Å². The molecule has 2 rings (SSSR count).